The summed E-state index contributed by atoms with van der Waals surface area (Å²) in [5, 5.41) is 19.1. The third-order valence-corrected chi connectivity index (χ3v) is 2.86. The zero-order chi connectivity index (χ0) is 15.4. The first-order valence-electron chi connectivity index (χ1n) is 6.70. The van der Waals surface area contributed by atoms with Gasteiger partial charge < -0.3 is 14.6 Å². The maximum absolute atomic E-state index is 12.0. The van der Waals surface area contributed by atoms with Crippen molar-refractivity contribution >= 4 is 11.0 Å². The molecule has 4 nitrogen and oxygen atoms in total. The number of aromatic hydroxyl groups is 2. The van der Waals surface area contributed by atoms with E-state index in [1.165, 1.54) is 36.4 Å². The Morgan fingerprint density at radius 1 is 0.857 bits per heavy atom. The van der Waals surface area contributed by atoms with Crippen LogP contribution in [-0.4, -0.2) is 10.2 Å². The van der Waals surface area contributed by atoms with Crippen LogP contribution in [0.4, 0.5) is 0 Å². The summed E-state index contributed by atoms with van der Waals surface area (Å²) in [6.45, 7) is 4.00. The first-order valence-corrected chi connectivity index (χ1v) is 6.70. The molecule has 108 valence electrons. The van der Waals surface area contributed by atoms with E-state index in [4.69, 9.17) is 4.42 Å². The lowest BCUT2D eigenvalue weighted by Gasteiger charge is -2.03. The SMILES string of the molecule is CC.O=c1cc(-c2ccc(O)cc2)oc2cc(O)ccc12. The topological polar surface area (TPSA) is 70.7 Å². The Labute approximate surface area is 121 Å². The van der Waals surface area contributed by atoms with E-state index in [9.17, 15) is 15.0 Å². The third kappa shape index (κ3) is 3.05. The molecule has 3 rings (SSSR count). The summed E-state index contributed by atoms with van der Waals surface area (Å²) in [4.78, 5) is 12.0. The van der Waals surface area contributed by atoms with Gasteiger partial charge in [0, 0.05) is 17.7 Å². The Morgan fingerprint density at radius 2 is 1.48 bits per heavy atom. The van der Waals surface area contributed by atoms with Gasteiger partial charge in [-0.15, -0.1) is 0 Å². The molecule has 0 fully saturated rings. The fourth-order valence-electron chi connectivity index (χ4n) is 1.91. The van der Waals surface area contributed by atoms with Crippen LogP contribution in [0.3, 0.4) is 0 Å². The Balaban J connectivity index is 0.000000774. The fourth-order valence-corrected chi connectivity index (χ4v) is 1.91. The monoisotopic (exact) mass is 284 g/mol. The molecule has 0 saturated heterocycles. The Bertz CT molecular complexity index is 801. The van der Waals surface area contributed by atoms with Crippen molar-refractivity contribution in [3.8, 4) is 22.8 Å². The number of hydrogen-bond acceptors (Lipinski definition) is 4. The second kappa shape index (κ2) is 6.13. The van der Waals surface area contributed by atoms with Crippen molar-refractivity contribution in [2.75, 3.05) is 0 Å². The second-order valence-corrected chi connectivity index (χ2v) is 4.20. The first-order chi connectivity index (χ1) is 10.1. The van der Waals surface area contributed by atoms with Crippen LogP contribution in [-0.2, 0) is 0 Å². The lowest BCUT2D eigenvalue weighted by Crippen LogP contribution is -1.99. The molecule has 0 aliphatic carbocycles. The average molecular weight is 284 g/mol. The quantitative estimate of drug-likeness (QED) is 0.711. The molecule has 1 aromatic heterocycles. The van der Waals surface area contributed by atoms with E-state index in [1.807, 2.05) is 13.8 Å². The van der Waals surface area contributed by atoms with Crippen molar-refractivity contribution in [3.05, 3.63) is 58.8 Å². The third-order valence-electron chi connectivity index (χ3n) is 2.86. The van der Waals surface area contributed by atoms with Gasteiger partial charge in [-0.25, -0.2) is 0 Å². The smallest absolute Gasteiger partial charge is 0.193 e. The molecule has 3 aromatic rings. The standard InChI is InChI=1S/C15H10O4.C2H6/c16-10-3-1-9(2-4-10)14-8-13(18)12-6-5-11(17)7-15(12)19-14;1-2/h1-8,16-17H;1-2H3. The molecular weight excluding hydrogens is 268 g/mol. The fraction of sp³-hybridized carbons (Fsp3) is 0.118. The summed E-state index contributed by atoms with van der Waals surface area (Å²) in [6.07, 6.45) is 0. The predicted molar refractivity (Wildman–Crippen MR) is 82.6 cm³/mol. The highest BCUT2D eigenvalue weighted by Gasteiger charge is 2.07. The van der Waals surface area contributed by atoms with E-state index >= 15 is 0 Å². The molecule has 0 spiro atoms. The van der Waals surface area contributed by atoms with Gasteiger partial charge in [0.25, 0.3) is 0 Å². The Morgan fingerprint density at radius 3 is 2.14 bits per heavy atom. The van der Waals surface area contributed by atoms with Crippen LogP contribution in [0, 0.1) is 0 Å². The zero-order valence-electron chi connectivity index (χ0n) is 11.8. The van der Waals surface area contributed by atoms with Gasteiger partial charge in [-0.2, -0.15) is 0 Å². The molecule has 0 aliphatic heterocycles. The van der Waals surface area contributed by atoms with Gasteiger partial charge in [-0.3, -0.25) is 4.79 Å². The van der Waals surface area contributed by atoms with Gasteiger partial charge in [0.05, 0.1) is 5.39 Å². The number of phenolic OH excluding ortho intramolecular Hbond substituents is 2. The van der Waals surface area contributed by atoms with Gasteiger partial charge in [-0.05, 0) is 36.4 Å². The minimum Gasteiger partial charge on any atom is -0.508 e. The van der Waals surface area contributed by atoms with Gasteiger partial charge in [-0.1, -0.05) is 13.8 Å². The van der Waals surface area contributed by atoms with Crippen molar-refractivity contribution in [2.45, 2.75) is 13.8 Å². The Hall–Kier alpha value is -2.75. The summed E-state index contributed by atoms with van der Waals surface area (Å²) >= 11 is 0. The largest absolute Gasteiger partial charge is 0.508 e. The van der Waals surface area contributed by atoms with Crippen LogP contribution >= 0.6 is 0 Å². The molecule has 2 aromatic carbocycles. The van der Waals surface area contributed by atoms with Crippen LogP contribution < -0.4 is 5.43 Å². The minimum atomic E-state index is -0.177. The number of fused-ring (bicyclic) bond motifs is 1. The maximum Gasteiger partial charge on any atom is 0.193 e. The summed E-state index contributed by atoms with van der Waals surface area (Å²) < 4.78 is 5.61. The van der Waals surface area contributed by atoms with Crippen molar-refractivity contribution in [1.82, 2.24) is 0 Å². The zero-order valence-corrected chi connectivity index (χ0v) is 11.8. The van der Waals surface area contributed by atoms with E-state index in [2.05, 4.69) is 0 Å². The molecule has 0 unspecified atom stereocenters. The molecule has 2 N–H and O–H groups in total. The number of benzene rings is 2. The molecule has 0 saturated carbocycles. The van der Waals surface area contributed by atoms with Gasteiger partial charge in [0.1, 0.15) is 22.8 Å². The highest BCUT2D eigenvalue weighted by Crippen LogP contribution is 2.25. The first kappa shape index (κ1) is 14.7. The minimum absolute atomic E-state index is 0.0403. The molecule has 4 heteroatoms. The molecule has 0 atom stereocenters. The molecule has 0 radical (unpaired) electrons. The van der Waals surface area contributed by atoms with Gasteiger partial charge in [0.15, 0.2) is 5.43 Å². The highest BCUT2D eigenvalue weighted by molar-refractivity contribution is 5.80. The van der Waals surface area contributed by atoms with Crippen LogP contribution in [0.1, 0.15) is 13.8 Å². The number of hydrogen-bond donors (Lipinski definition) is 2. The molecule has 0 aliphatic rings. The van der Waals surface area contributed by atoms with E-state index < -0.39 is 0 Å². The van der Waals surface area contributed by atoms with Crippen LogP contribution in [0.2, 0.25) is 0 Å². The van der Waals surface area contributed by atoms with E-state index in [0.29, 0.717) is 22.3 Å². The molecular formula is C17H16O4. The van der Waals surface area contributed by atoms with E-state index in [0.717, 1.165) is 0 Å². The van der Waals surface area contributed by atoms with E-state index in [1.54, 1.807) is 12.1 Å². The van der Waals surface area contributed by atoms with Gasteiger partial charge >= 0.3 is 0 Å². The van der Waals surface area contributed by atoms with Crippen LogP contribution in [0.15, 0.2) is 57.7 Å². The molecule has 0 amide bonds. The van der Waals surface area contributed by atoms with Crippen LogP contribution in [0.5, 0.6) is 11.5 Å². The Kier molecular flexibility index (Phi) is 4.28. The summed E-state index contributed by atoms with van der Waals surface area (Å²) in [5.41, 5.74) is 0.833. The van der Waals surface area contributed by atoms with Crippen molar-refractivity contribution < 1.29 is 14.6 Å². The highest BCUT2D eigenvalue weighted by atomic mass is 16.3. The van der Waals surface area contributed by atoms with Crippen molar-refractivity contribution in [1.29, 1.82) is 0 Å². The summed E-state index contributed by atoms with van der Waals surface area (Å²) in [6, 6.07) is 12.1. The summed E-state index contributed by atoms with van der Waals surface area (Å²) in [5.74, 6) is 0.575. The van der Waals surface area contributed by atoms with E-state index in [-0.39, 0.29) is 16.9 Å². The van der Waals surface area contributed by atoms with Crippen molar-refractivity contribution in [2.24, 2.45) is 0 Å². The van der Waals surface area contributed by atoms with Crippen LogP contribution in [0.25, 0.3) is 22.3 Å². The lowest BCUT2D eigenvalue weighted by molar-refractivity contribution is 0.474. The molecule has 21 heavy (non-hydrogen) atoms. The number of phenols is 2. The summed E-state index contributed by atoms with van der Waals surface area (Å²) in [7, 11) is 0. The lowest BCUT2D eigenvalue weighted by atomic mass is 10.1. The van der Waals surface area contributed by atoms with Crippen molar-refractivity contribution in [3.63, 3.8) is 0 Å². The molecule has 1 heterocycles. The average Bonchev–Trinajstić information content (AvgIpc) is 2.49. The normalized spacial score (nSPS) is 10.0. The number of rotatable bonds is 1. The second-order valence-electron chi connectivity index (χ2n) is 4.20. The van der Waals surface area contributed by atoms with Gasteiger partial charge in [0.2, 0.25) is 0 Å². The molecule has 0 bridgehead atoms. The maximum atomic E-state index is 12.0. The predicted octanol–water partition coefficient (Wildman–Crippen LogP) is 3.90.